The number of benzene rings is 2. The number of thiazole rings is 1. The van der Waals surface area contributed by atoms with Gasteiger partial charge in [-0.25, -0.2) is 14.6 Å². The van der Waals surface area contributed by atoms with E-state index < -0.39 is 18.0 Å². The minimum absolute atomic E-state index is 0.161. The third kappa shape index (κ3) is 5.76. The lowest BCUT2D eigenvalue weighted by atomic mass is 9.93. The smallest absolute Gasteiger partial charge is 0.338 e. The number of fused-ring (bicyclic) bond motifs is 1. The monoisotopic (exact) mass is 602 g/mol. The number of allylic oxidation sites excluding steroid dienone is 1. The summed E-state index contributed by atoms with van der Waals surface area (Å²) in [5.74, 6) is 0.393. The van der Waals surface area contributed by atoms with E-state index >= 15 is 0 Å². The molecule has 0 saturated heterocycles. The number of hydrogen-bond acceptors (Lipinski definition) is 9. The molecule has 3 heterocycles. The van der Waals surface area contributed by atoms with E-state index in [0.29, 0.717) is 55.6 Å². The van der Waals surface area contributed by atoms with E-state index in [-0.39, 0.29) is 23.3 Å². The van der Waals surface area contributed by atoms with Crippen LogP contribution in [0, 0.1) is 0 Å². The fraction of sp³-hybridized carbons (Fsp3) is 0.250. The minimum Gasteiger partial charge on any atom is -0.497 e. The fourth-order valence-corrected chi connectivity index (χ4v) is 5.96. The molecule has 1 aliphatic heterocycles. The molecule has 0 radical (unpaired) electrons. The predicted octanol–water partition coefficient (Wildman–Crippen LogP) is 4.55. The normalized spacial score (nSPS) is 14.7. The number of carboxylic acids is 1. The van der Waals surface area contributed by atoms with Crippen molar-refractivity contribution in [3.05, 3.63) is 102 Å². The molecule has 0 aliphatic carbocycles. The van der Waals surface area contributed by atoms with Crippen molar-refractivity contribution in [2.75, 3.05) is 20.8 Å². The highest BCUT2D eigenvalue weighted by atomic mass is 32.1. The van der Waals surface area contributed by atoms with Crippen LogP contribution in [0.15, 0.2) is 80.1 Å². The predicted molar refractivity (Wildman–Crippen MR) is 160 cm³/mol. The Morgan fingerprint density at radius 1 is 1.07 bits per heavy atom. The highest BCUT2D eigenvalue weighted by molar-refractivity contribution is 7.07. The fourth-order valence-electron chi connectivity index (χ4n) is 4.96. The Labute approximate surface area is 250 Å². The summed E-state index contributed by atoms with van der Waals surface area (Å²) >= 11 is 1.19. The van der Waals surface area contributed by atoms with Gasteiger partial charge in [-0.3, -0.25) is 9.36 Å². The molecule has 4 aromatic rings. The van der Waals surface area contributed by atoms with Gasteiger partial charge in [-0.15, -0.1) is 0 Å². The summed E-state index contributed by atoms with van der Waals surface area (Å²) in [6.07, 6.45) is 2.86. The van der Waals surface area contributed by atoms with Crippen LogP contribution in [-0.2, 0) is 9.53 Å². The first-order chi connectivity index (χ1) is 20.8. The number of carbonyl (C=O) groups excluding carboxylic acids is 1. The number of esters is 1. The van der Waals surface area contributed by atoms with Gasteiger partial charge in [0.25, 0.3) is 5.56 Å². The summed E-state index contributed by atoms with van der Waals surface area (Å²) < 4.78 is 24.5. The Morgan fingerprint density at radius 3 is 2.49 bits per heavy atom. The summed E-state index contributed by atoms with van der Waals surface area (Å²) in [5, 5.41) is 9.17. The molecule has 1 atom stereocenters. The van der Waals surface area contributed by atoms with Crippen LogP contribution < -0.4 is 24.4 Å². The number of nitrogens with zero attached hydrogens (tertiary/aromatic N) is 2. The second-order valence-electron chi connectivity index (χ2n) is 9.61. The van der Waals surface area contributed by atoms with E-state index in [1.165, 1.54) is 35.1 Å². The SMILES string of the molecule is CCCC1=C(C(=O)OCC)[C@H](c2cc(OC)ccc2OC)n2c(s/c(=C\c3ccc(-c4ccc(C(=O)O)cc4)o3)c2=O)=N1. The average molecular weight is 603 g/mol. The van der Waals surface area contributed by atoms with Crippen LogP contribution in [0.2, 0.25) is 0 Å². The zero-order valence-electron chi connectivity index (χ0n) is 24.1. The lowest BCUT2D eigenvalue weighted by molar-refractivity contribution is -0.139. The first-order valence-corrected chi connectivity index (χ1v) is 14.5. The number of furan rings is 1. The van der Waals surface area contributed by atoms with Crippen LogP contribution in [0.5, 0.6) is 11.5 Å². The third-order valence-corrected chi connectivity index (χ3v) is 7.92. The lowest BCUT2D eigenvalue weighted by Crippen LogP contribution is -2.40. The molecule has 0 amide bonds. The zero-order valence-corrected chi connectivity index (χ0v) is 24.9. The van der Waals surface area contributed by atoms with Crippen molar-refractivity contribution in [3.63, 3.8) is 0 Å². The molecule has 2 aromatic heterocycles. The maximum atomic E-state index is 14.1. The molecule has 1 aliphatic rings. The van der Waals surface area contributed by atoms with Crippen molar-refractivity contribution < 1.29 is 33.3 Å². The molecule has 43 heavy (non-hydrogen) atoms. The molecular weight excluding hydrogens is 572 g/mol. The first kappa shape index (κ1) is 29.6. The largest absolute Gasteiger partial charge is 0.497 e. The van der Waals surface area contributed by atoms with Crippen LogP contribution in [0.25, 0.3) is 17.4 Å². The number of aromatic carboxylic acids is 1. The van der Waals surface area contributed by atoms with Gasteiger partial charge in [0.05, 0.1) is 42.2 Å². The first-order valence-electron chi connectivity index (χ1n) is 13.7. The average Bonchev–Trinajstić information content (AvgIpc) is 3.60. The van der Waals surface area contributed by atoms with E-state index in [2.05, 4.69) is 0 Å². The number of rotatable bonds is 10. The van der Waals surface area contributed by atoms with Crippen molar-refractivity contribution in [2.24, 2.45) is 4.99 Å². The summed E-state index contributed by atoms with van der Waals surface area (Å²) in [5.41, 5.74) is 1.89. The van der Waals surface area contributed by atoms with E-state index in [0.717, 1.165) is 6.42 Å². The second kappa shape index (κ2) is 12.5. The van der Waals surface area contributed by atoms with E-state index in [9.17, 15) is 14.4 Å². The molecule has 0 fully saturated rings. The molecule has 11 heteroatoms. The molecule has 0 unspecified atom stereocenters. The van der Waals surface area contributed by atoms with Gasteiger partial charge >= 0.3 is 11.9 Å². The topological polar surface area (TPSA) is 130 Å². The van der Waals surface area contributed by atoms with Crippen LogP contribution >= 0.6 is 11.3 Å². The van der Waals surface area contributed by atoms with Gasteiger partial charge in [-0.2, -0.15) is 0 Å². The summed E-state index contributed by atoms with van der Waals surface area (Å²) in [7, 11) is 3.07. The van der Waals surface area contributed by atoms with Crippen LogP contribution in [-0.4, -0.2) is 42.4 Å². The molecule has 5 rings (SSSR count). The summed E-state index contributed by atoms with van der Waals surface area (Å²) in [6.45, 7) is 3.88. The molecular formula is C32H30N2O8S. The zero-order chi connectivity index (χ0) is 30.7. The molecule has 222 valence electrons. The van der Waals surface area contributed by atoms with Gasteiger partial charge in [-0.05, 0) is 55.8 Å². The van der Waals surface area contributed by atoms with Crippen LogP contribution in [0.4, 0.5) is 0 Å². The standard InChI is InChI=1S/C32H30N2O8S/c1-5-7-23-27(31(38)41-6-2)28(22-16-20(39-3)12-15-25(22)40-4)34-29(35)26(43-32(34)33-23)17-21-13-14-24(42-21)18-8-10-19(11-9-18)30(36)37/h8-17,28H,5-7H2,1-4H3,(H,36,37)/b26-17-/t28-/m0/s1. The molecule has 10 nitrogen and oxygen atoms in total. The van der Waals surface area contributed by atoms with Crippen LogP contribution in [0.1, 0.15) is 54.4 Å². The van der Waals surface area contributed by atoms with Gasteiger partial charge < -0.3 is 23.7 Å². The molecule has 0 bridgehead atoms. The van der Waals surface area contributed by atoms with Gasteiger partial charge in [-0.1, -0.05) is 36.8 Å². The van der Waals surface area contributed by atoms with Crippen molar-refractivity contribution in [1.82, 2.24) is 4.57 Å². The van der Waals surface area contributed by atoms with Gasteiger partial charge in [0.15, 0.2) is 4.80 Å². The maximum absolute atomic E-state index is 14.1. The van der Waals surface area contributed by atoms with Gasteiger partial charge in [0.2, 0.25) is 0 Å². The Bertz CT molecular complexity index is 1900. The third-order valence-electron chi connectivity index (χ3n) is 6.94. The maximum Gasteiger partial charge on any atom is 0.338 e. The molecule has 2 aromatic carbocycles. The van der Waals surface area contributed by atoms with Crippen LogP contribution in [0.3, 0.4) is 0 Å². The summed E-state index contributed by atoms with van der Waals surface area (Å²) in [4.78, 5) is 43.9. The van der Waals surface area contributed by atoms with Crippen molar-refractivity contribution in [1.29, 1.82) is 0 Å². The van der Waals surface area contributed by atoms with Gasteiger partial charge in [0, 0.05) is 17.2 Å². The number of aromatic nitrogens is 1. The van der Waals surface area contributed by atoms with E-state index in [1.807, 2.05) is 6.92 Å². The van der Waals surface area contributed by atoms with Crippen molar-refractivity contribution in [2.45, 2.75) is 32.7 Å². The minimum atomic E-state index is -1.01. The molecule has 0 saturated carbocycles. The second-order valence-corrected chi connectivity index (χ2v) is 10.6. The van der Waals surface area contributed by atoms with E-state index in [4.69, 9.17) is 28.7 Å². The van der Waals surface area contributed by atoms with Crippen molar-refractivity contribution in [3.8, 4) is 22.8 Å². The van der Waals surface area contributed by atoms with E-state index in [1.54, 1.807) is 62.6 Å². The highest BCUT2D eigenvalue weighted by Gasteiger charge is 2.36. The summed E-state index contributed by atoms with van der Waals surface area (Å²) in [6, 6.07) is 14.2. The van der Waals surface area contributed by atoms with Gasteiger partial charge in [0.1, 0.15) is 29.1 Å². The Morgan fingerprint density at radius 2 is 1.84 bits per heavy atom. The highest BCUT2D eigenvalue weighted by Crippen LogP contribution is 2.38. The van der Waals surface area contributed by atoms with Crippen molar-refractivity contribution >= 4 is 29.4 Å². The molecule has 0 spiro atoms. The lowest BCUT2D eigenvalue weighted by Gasteiger charge is -2.27. The quantitative estimate of drug-likeness (QED) is 0.262. The number of ether oxygens (including phenoxy) is 3. The number of hydrogen-bond donors (Lipinski definition) is 1. The Hall–Kier alpha value is -4.90. The Balaban J connectivity index is 1.68. The number of carboxylic acid groups (broad SMARTS) is 1. The number of carbonyl (C=O) groups is 2. The number of methoxy groups -OCH3 is 2. The molecule has 1 N–H and O–H groups in total. The Kier molecular flexibility index (Phi) is 8.63.